The third-order valence-corrected chi connectivity index (χ3v) is 5.45. The number of carbonyl (C=O) groups is 2. The van der Waals surface area contributed by atoms with Crippen molar-refractivity contribution in [3.63, 3.8) is 0 Å². The summed E-state index contributed by atoms with van der Waals surface area (Å²) in [5.74, 6) is -0.140. The highest BCUT2D eigenvalue weighted by molar-refractivity contribution is 5.89. The normalized spacial score (nSPS) is 23.3. The molecule has 1 aromatic carbocycles. The minimum atomic E-state index is -0.210. The summed E-state index contributed by atoms with van der Waals surface area (Å²) in [5, 5.41) is 3.12. The molecule has 3 rings (SSSR count). The molecule has 2 atom stereocenters. The molecule has 2 aliphatic rings. The zero-order valence-corrected chi connectivity index (χ0v) is 15.1. The molecule has 1 N–H and O–H groups in total. The van der Waals surface area contributed by atoms with Gasteiger partial charge in [0.25, 0.3) is 0 Å². The minimum Gasteiger partial charge on any atom is -0.354 e. The Morgan fingerprint density at radius 1 is 1.16 bits per heavy atom. The molecule has 2 fully saturated rings. The van der Waals surface area contributed by atoms with E-state index < -0.39 is 0 Å². The summed E-state index contributed by atoms with van der Waals surface area (Å²) < 4.78 is 0. The summed E-state index contributed by atoms with van der Waals surface area (Å²) >= 11 is 0. The highest BCUT2D eigenvalue weighted by atomic mass is 16.2. The van der Waals surface area contributed by atoms with E-state index in [-0.39, 0.29) is 23.8 Å². The van der Waals surface area contributed by atoms with Crippen LogP contribution >= 0.6 is 0 Å². The Labute approximate surface area is 150 Å². The number of hydrogen-bond acceptors (Lipinski definition) is 3. The van der Waals surface area contributed by atoms with Gasteiger partial charge in [0, 0.05) is 26.6 Å². The van der Waals surface area contributed by atoms with Gasteiger partial charge < -0.3 is 10.2 Å². The van der Waals surface area contributed by atoms with E-state index in [2.05, 4.69) is 34.5 Å². The first-order chi connectivity index (χ1) is 12.1. The number of nitrogens with one attached hydrogen (secondary N) is 1. The standard InChI is InChI=1S/C20H29N3O2/c1-22-15-17(13-19(22)24)20(25)21-14-18(16-9-5-4-6-10-16)23-11-7-2-3-8-12-23/h4-6,9-10,17-18H,2-3,7-8,11-15H2,1H3,(H,21,25)/t17-,18+/m1/s1. The molecule has 0 saturated carbocycles. The number of carbonyl (C=O) groups excluding carboxylic acids is 2. The van der Waals surface area contributed by atoms with Crippen LogP contribution in [0.3, 0.4) is 0 Å². The van der Waals surface area contributed by atoms with Crippen LogP contribution in [-0.4, -0.2) is 54.8 Å². The summed E-state index contributed by atoms with van der Waals surface area (Å²) in [6.45, 7) is 3.31. The van der Waals surface area contributed by atoms with Crippen molar-refractivity contribution in [3.8, 4) is 0 Å². The van der Waals surface area contributed by atoms with E-state index in [0.717, 1.165) is 13.1 Å². The predicted octanol–water partition coefficient (Wildman–Crippen LogP) is 2.20. The fourth-order valence-corrected chi connectivity index (χ4v) is 3.92. The Morgan fingerprint density at radius 2 is 1.84 bits per heavy atom. The lowest BCUT2D eigenvalue weighted by Crippen LogP contribution is -2.41. The first kappa shape index (κ1) is 17.9. The molecule has 0 spiro atoms. The molecule has 25 heavy (non-hydrogen) atoms. The topological polar surface area (TPSA) is 52.7 Å². The maximum Gasteiger partial charge on any atom is 0.225 e. The number of rotatable bonds is 5. The van der Waals surface area contributed by atoms with Crippen molar-refractivity contribution in [2.75, 3.05) is 33.2 Å². The molecular weight excluding hydrogens is 314 g/mol. The maximum atomic E-state index is 12.5. The summed E-state index contributed by atoms with van der Waals surface area (Å²) in [5.41, 5.74) is 1.25. The summed E-state index contributed by atoms with van der Waals surface area (Å²) in [6.07, 6.45) is 5.36. The Hall–Kier alpha value is -1.88. The van der Waals surface area contributed by atoms with Crippen molar-refractivity contribution in [1.82, 2.24) is 15.1 Å². The van der Waals surface area contributed by atoms with Gasteiger partial charge in [-0.1, -0.05) is 43.2 Å². The van der Waals surface area contributed by atoms with Gasteiger partial charge in [0.2, 0.25) is 11.8 Å². The second-order valence-electron chi connectivity index (χ2n) is 7.30. The first-order valence-corrected chi connectivity index (χ1v) is 9.46. The van der Waals surface area contributed by atoms with E-state index in [0.29, 0.717) is 19.5 Å². The summed E-state index contributed by atoms with van der Waals surface area (Å²) in [4.78, 5) is 28.3. The van der Waals surface area contributed by atoms with E-state index in [9.17, 15) is 9.59 Å². The molecule has 136 valence electrons. The third kappa shape index (κ3) is 4.60. The van der Waals surface area contributed by atoms with Gasteiger partial charge in [-0.15, -0.1) is 0 Å². The van der Waals surface area contributed by atoms with Crippen LogP contribution in [0.5, 0.6) is 0 Å². The van der Waals surface area contributed by atoms with Crippen molar-refractivity contribution >= 4 is 11.8 Å². The lowest BCUT2D eigenvalue weighted by molar-refractivity contribution is -0.128. The highest BCUT2D eigenvalue weighted by Crippen LogP contribution is 2.24. The molecule has 2 saturated heterocycles. The molecule has 2 amide bonds. The van der Waals surface area contributed by atoms with E-state index in [1.54, 1.807) is 11.9 Å². The Balaban J connectivity index is 1.65. The lowest BCUT2D eigenvalue weighted by atomic mass is 10.0. The fourth-order valence-electron chi connectivity index (χ4n) is 3.92. The highest BCUT2D eigenvalue weighted by Gasteiger charge is 2.32. The molecule has 5 nitrogen and oxygen atoms in total. The smallest absolute Gasteiger partial charge is 0.225 e. The molecule has 0 aliphatic carbocycles. The minimum absolute atomic E-state index is 0.00783. The molecule has 2 aliphatic heterocycles. The fraction of sp³-hybridized carbons (Fsp3) is 0.600. The van der Waals surface area contributed by atoms with Crippen molar-refractivity contribution in [1.29, 1.82) is 0 Å². The van der Waals surface area contributed by atoms with Gasteiger partial charge in [0.15, 0.2) is 0 Å². The monoisotopic (exact) mass is 343 g/mol. The van der Waals surface area contributed by atoms with Crippen LogP contribution in [0.15, 0.2) is 30.3 Å². The maximum absolute atomic E-state index is 12.5. The van der Waals surface area contributed by atoms with E-state index in [1.165, 1.54) is 31.2 Å². The number of hydrogen-bond donors (Lipinski definition) is 1. The largest absolute Gasteiger partial charge is 0.354 e. The second-order valence-corrected chi connectivity index (χ2v) is 7.30. The third-order valence-electron chi connectivity index (χ3n) is 5.45. The molecular formula is C20H29N3O2. The van der Waals surface area contributed by atoms with Gasteiger partial charge in [0.05, 0.1) is 12.0 Å². The van der Waals surface area contributed by atoms with Crippen LogP contribution in [0, 0.1) is 5.92 Å². The molecule has 0 bridgehead atoms. The molecule has 2 heterocycles. The number of benzene rings is 1. The summed E-state index contributed by atoms with van der Waals surface area (Å²) in [6, 6.07) is 10.7. The van der Waals surface area contributed by atoms with Crippen LogP contribution in [0.1, 0.15) is 43.7 Å². The molecule has 1 aromatic rings. The number of likely N-dealkylation sites (tertiary alicyclic amines) is 2. The molecule has 5 heteroatoms. The quantitative estimate of drug-likeness (QED) is 0.892. The molecule has 0 aromatic heterocycles. The number of nitrogens with zero attached hydrogens (tertiary/aromatic N) is 2. The van der Waals surface area contributed by atoms with Crippen molar-refractivity contribution < 1.29 is 9.59 Å². The zero-order valence-electron chi connectivity index (χ0n) is 15.1. The average Bonchev–Trinajstić information content (AvgIpc) is 2.82. The van der Waals surface area contributed by atoms with Gasteiger partial charge in [0.1, 0.15) is 0 Å². The zero-order chi connectivity index (χ0) is 17.6. The van der Waals surface area contributed by atoms with Crippen LogP contribution in [0.4, 0.5) is 0 Å². The Morgan fingerprint density at radius 3 is 2.44 bits per heavy atom. The van der Waals surface area contributed by atoms with Gasteiger partial charge in [-0.05, 0) is 31.5 Å². The molecule has 0 unspecified atom stereocenters. The van der Waals surface area contributed by atoms with Crippen LogP contribution < -0.4 is 5.32 Å². The van der Waals surface area contributed by atoms with Gasteiger partial charge in [-0.25, -0.2) is 0 Å². The Bertz CT molecular complexity index is 582. The SMILES string of the molecule is CN1C[C@H](C(=O)NC[C@@H](c2ccccc2)N2CCCCCC2)CC1=O. The van der Waals surface area contributed by atoms with Crippen LogP contribution in [0.25, 0.3) is 0 Å². The van der Waals surface area contributed by atoms with E-state index in [1.807, 2.05) is 6.07 Å². The van der Waals surface area contributed by atoms with E-state index >= 15 is 0 Å². The van der Waals surface area contributed by atoms with Crippen molar-refractivity contribution in [2.24, 2.45) is 5.92 Å². The van der Waals surface area contributed by atoms with E-state index in [4.69, 9.17) is 0 Å². The Kier molecular flexibility index (Phi) is 6.08. The van der Waals surface area contributed by atoms with Crippen LogP contribution in [-0.2, 0) is 9.59 Å². The van der Waals surface area contributed by atoms with Crippen LogP contribution in [0.2, 0.25) is 0 Å². The van der Waals surface area contributed by atoms with Crippen molar-refractivity contribution in [2.45, 2.75) is 38.1 Å². The summed E-state index contributed by atoms with van der Waals surface area (Å²) in [7, 11) is 1.76. The number of amides is 2. The first-order valence-electron chi connectivity index (χ1n) is 9.46. The lowest BCUT2D eigenvalue weighted by Gasteiger charge is -2.31. The predicted molar refractivity (Wildman–Crippen MR) is 98.0 cm³/mol. The van der Waals surface area contributed by atoms with Gasteiger partial charge >= 0.3 is 0 Å². The van der Waals surface area contributed by atoms with Gasteiger partial charge in [-0.3, -0.25) is 14.5 Å². The van der Waals surface area contributed by atoms with Gasteiger partial charge in [-0.2, -0.15) is 0 Å². The van der Waals surface area contributed by atoms with Crippen molar-refractivity contribution in [3.05, 3.63) is 35.9 Å². The second kappa shape index (κ2) is 8.48. The molecule has 0 radical (unpaired) electrons. The average molecular weight is 343 g/mol.